The Kier molecular flexibility index (Phi) is 4.37. The van der Waals surface area contributed by atoms with E-state index in [2.05, 4.69) is 4.98 Å². The molecule has 0 aliphatic carbocycles. The van der Waals surface area contributed by atoms with Gasteiger partial charge in [0, 0.05) is 23.5 Å². The molecule has 0 radical (unpaired) electrons. The highest BCUT2D eigenvalue weighted by molar-refractivity contribution is 5.98. The van der Waals surface area contributed by atoms with Crippen LogP contribution in [0.2, 0.25) is 0 Å². The fraction of sp³-hybridized carbons (Fsp3) is 0.286. The lowest BCUT2D eigenvalue weighted by molar-refractivity contribution is 0.0608. The quantitative estimate of drug-likeness (QED) is 0.740. The first kappa shape index (κ1) is 16.6. The number of H-pyrrole nitrogens is 1. The summed E-state index contributed by atoms with van der Waals surface area (Å²) in [6.45, 7) is 0.727. The molecule has 0 spiro atoms. The summed E-state index contributed by atoms with van der Waals surface area (Å²) in [5.41, 5.74) is 2.41. The number of carbonyl (C=O) groups excluding carboxylic acids is 1. The maximum absolute atomic E-state index is 13.1. The van der Waals surface area contributed by atoms with Gasteiger partial charge in [-0.15, -0.1) is 0 Å². The van der Waals surface area contributed by atoms with E-state index in [4.69, 9.17) is 0 Å². The van der Waals surface area contributed by atoms with Crippen LogP contribution in [-0.4, -0.2) is 33.5 Å². The van der Waals surface area contributed by atoms with Gasteiger partial charge in [-0.2, -0.15) is 0 Å². The number of benzene rings is 2. The van der Waals surface area contributed by atoms with Gasteiger partial charge in [0.25, 0.3) is 5.91 Å². The molecule has 1 aliphatic rings. The van der Waals surface area contributed by atoms with Crippen molar-refractivity contribution in [3.63, 3.8) is 0 Å². The number of fused-ring (bicyclic) bond motifs is 1. The van der Waals surface area contributed by atoms with E-state index in [1.165, 1.54) is 12.1 Å². The van der Waals surface area contributed by atoms with E-state index in [-0.39, 0.29) is 23.5 Å². The number of piperidine rings is 1. The van der Waals surface area contributed by atoms with Crippen LogP contribution in [0, 0.1) is 5.82 Å². The molecule has 2 aromatic carbocycles. The van der Waals surface area contributed by atoms with Crippen molar-refractivity contribution in [2.75, 3.05) is 6.54 Å². The van der Waals surface area contributed by atoms with E-state index in [0.29, 0.717) is 5.69 Å². The molecule has 1 amide bonds. The number of aromatic amines is 1. The maximum atomic E-state index is 13.1. The van der Waals surface area contributed by atoms with Gasteiger partial charge in [-0.3, -0.25) is 4.79 Å². The normalized spacial score (nSPS) is 17.6. The average Bonchev–Trinajstić information content (AvgIpc) is 3.06. The molecule has 1 saturated heterocycles. The van der Waals surface area contributed by atoms with Crippen LogP contribution in [0.3, 0.4) is 0 Å². The minimum atomic E-state index is -0.244. The lowest BCUT2D eigenvalue weighted by Crippen LogP contribution is -2.45. The minimum Gasteiger partial charge on any atom is -0.508 e. The van der Waals surface area contributed by atoms with Crippen LogP contribution in [0.25, 0.3) is 10.9 Å². The van der Waals surface area contributed by atoms with Gasteiger partial charge in [0.2, 0.25) is 0 Å². The second kappa shape index (κ2) is 6.83. The SMILES string of the molecule is O=C(c1cc2cc(O)ccc2[nH]1)N1CCCCC1Cc1ccc(F)cc1. The van der Waals surface area contributed by atoms with Gasteiger partial charge in [0.1, 0.15) is 17.3 Å². The van der Waals surface area contributed by atoms with E-state index in [1.54, 1.807) is 36.4 Å². The number of aromatic nitrogens is 1. The first-order chi connectivity index (χ1) is 12.6. The van der Waals surface area contributed by atoms with Crippen molar-refractivity contribution < 1.29 is 14.3 Å². The van der Waals surface area contributed by atoms with Crippen LogP contribution in [0.5, 0.6) is 5.75 Å². The Hall–Kier alpha value is -2.82. The summed E-state index contributed by atoms with van der Waals surface area (Å²) in [4.78, 5) is 18.2. The molecule has 0 saturated carbocycles. The average molecular weight is 352 g/mol. The van der Waals surface area contributed by atoms with Crippen molar-refractivity contribution in [2.24, 2.45) is 0 Å². The van der Waals surface area contributed by atoms with Gasteiger partial charge in [0.05, 0.1) is 0 Å². The van der Waals surface area contributed by atoms with Crippen molar-refractivity contribution in [1.82, 2.24) is 9.88 Å². The topological polar surface area (TPSA) is 56.3 Å². The van der Waals surface area contributed by atoms with Crippen molar-refractivity contribution in [1.29, 1.82) is 0 Å². The van der Waals surface area contributed by atoms with Crippen LogP contribution in [0.15, 0.2) is 48.5 Å². The summed E-state index contributed by atoms with van der Waals surface area (Å²) in [6.07, 6.45) is 3.76. The lowest BCUT2D eigenvalue weighted by atomic mass is 9.95. The number of rotatable bonds is 3. The third kappa shape index (κ3) is 3.29. The Morgan fingerprint density at radius 2 is 1.96 bits per heavy atom. The molecule has 1 aromatic heterocycles. The summed E-state index contributed by atoms with van der Waals surface area (Å²) in [5, 5.41) is 10.4. The number of likely N-dealkylation sites (tertiary alicyclic amines) is 1. The predicted molar refractivity (Wildman–Crippen MR) is 98.7 cm³/mol. The largest absolute Gasteiger partial charge is 0.508 e. The van der Waals surface area contributed by atoms with Crippen LogP contribution in [0.4, 0.5) is 4.39 Å². The number of phenols is 1. The summed E-state index contributed by atoms with van der Waals surface area (Å²) < 4.78 is 13.1. The Bertz CT molecular complexity index is 933. The van der Waals surface area contributed by atoms with Gasteiger partial charge in [0.15, 0.2) is 0 Å². The Balaban J connectivity index is 1.57. The smallest absolute Gasteiger partial charge is 0.270 e. The molecule has 4 nitrogen and oxygen atoms in total. The number of nitrogens with zero attached hydrogens (tertiary/aromatic N) is 1. The summed E-state index contributed by atoms with van der Waals surface area (Å²) >= 11 is 0. The fourth-order valence-electron chi connectivity index (χ4n) is 3.76. The highest BCUT2D eigenvalue weighted by Gasteiger charge is 2.28. The molecule has 2 heterocycles. The molecule has 2 N–H and O–H groups in total. The van der Waals surface area contributed by atoms with Gasteiger partial charge < -0.3 is 15.0 Å². The monoisotopic (exact) mass is 352 g/mol. The number of phenolic OH excluding ortho intramolecular Hbond substituents is 1. The number of hydrogen-bond donors (Lipinski definition) is 2. The van der Waals surface area contributed by atoms with E-state index >= 15 is 0 Å². The van der Waals surface area contributed by atoms with E-state index in [1.807, 2.05) is 4.90 Å². The zero-order valence-electron chi connectivity index (χ0n) is 14.4. The fourth-order valence-corrected chi connectivity index (χ4v) is 3.76. The second-order valence-corrected chi connectivity index (χ2v) is 6.93. The van der Waals surface area contributed by atoms with Gasteiger partial charge in [-0.1, -0.05) is 12.1 Å². The minimum absolute atomic E-state index is 0.0208. The third-order valence-corrected chi connectivity index (χ3v) is 5.11. The summed E-state index contributed by atoms with van der Waals surface area (Å²) in [7, 11) is 0. The molecular formula is C21H21FN2O2. The van der Waals surface area contributed by atoms with Gasteiger partial charge in [-0.25, -0.2) is 4.39 Å². The number of amides is 1. The van der Waals surface area contributed by atoms with Gasteiger partial charge in [-0.05, 0) is 67.6 Å². The second-order valence-electron chi connectivity index (χ2n) is 6.93. The third-order valence-electron chi connectivity index (χ3n) is 5.11. The van der Waals surface area contributed by atoms with Crippen LogP contribution in [-0.2, 0) is 6.42 Å². The molecule has 0 bridgehead atoms. The standard InChI is InChI=1S/C21H21FN2O2/c22-16-6-4-14(5-7-16)11-17-3-1-2-10-24(17)21(26)20-13-15-12-18(25)8-9-19(15)23-20/h4-9,12-13,17,23,25H,1-3,10-11H2. The Morgan fingerprint density at radius 3 is 2.77 bits per heavy atom. The van der Waals surface area contributed by atoms with Gasteiger partial charge >= 0.3 is 0 Å². The molecule has 1 fully saturated rings. The maximum Gasteiger partial charge on any atom is 0.270 e. The Labute approximate surface area is 151 Å². The molecule has 5 heteroatoms. The zero-order valence-corrected chi connectivity index (χ0v) is 14.4. The number of halogens is 1. The number of nitrogens with one attached hydrogen (secondary N) is 1. The summed E-state index contributed by atoms with van der Waals surface area (Å²) in [6, 6.07) is 13.4. The first-order valence-corrected chi connectivity index (χ1v) is 8.97. The first-order valence-electron chi connectivity index (χ1n) is 8.97. The number of hydrogen-bond acceptors (Lipinski definition) is 2. The van der Waals surface area contributed by atoms with Crippen molar-refractivity contribution in [3.8, 4) is 5.75 Å². The molecule has 1 unspecified atom stereocenters. The van der Waals surface area contributed by atoms with Crippen LogP contribution < -0.4 is 0 Å². The highest BCUT2D eigenvalue weighted by atomic mass is 19.1. The summed E-state index contributed by atoms with van der Waals surface area (Å²) in [5.74, 6) is -0.0817. The molecule has 26 heavy (non-hydrogen) atoms. The van der Waals surface area contributed by atoms with Crippen molar-refractivity contribution >= 4 is 16.8 Å². The molecule has 1 aliphatic heterocycles. The Morgan fingerprint density at radius 1 is 1.15 bits per heavy atom. The van der Waals surface area contributed by atoms with Crippen molar-refractivity contribution in [3.05, 3.63) is 65.6 Å². The zero-order chi connectivity index (χ0) is 18.1. The number of aromatic hydroxyl groups is 1. The molecule has 134 valence electrons. The van der Waals surface area contributed by atoms with E-state index in [9.17, 15) is 14.3 Å². The van der Waals surface area contributed by atoms with Crippen LogP contribution >= 0.6 is 0 Å². The molecular weight excluding hydrogens is 331 g/mol. The highest BCUT2D eigenvalue weighted by Crippen LogP contribution is 2.25. The van der Waals surface area contributed by atoms with E-state index in [0.717, 1.165) is 48.7 Å². The molecule has 1 atom stereocenters. The van der Waals surface area contributed by atoms with Crippen molar-refractivity contribution in [2.45, 2.75) is 31.7 Å². The molecule has 3 aromatic rings. The van der Waals surface area contributed by atoms with E-state index < -0.39 is 0 Å². The lowest BCUT2D eigenvalue weighted by Gasteiger charge is -2.35. The predicted octanol–water partition coefficient (Wildman–Crippen LogP) is 4.25. The number of carbonyl (C=O) groups is 1. The molecule has 4 rings (SSSR count). The van der Waals surface area contributed by atoms with Crippen LogP contribution in [0.1, 0.15) is 35.3 Å².